The lowest BCUT2D eigenvalue weighted by Gasteiger charge is -1.76. The van der Waals surface area contributed by atoms with Crippen molar-refractivity contribution in [1.29, 1.82) is 0 Å². The van der Waals surface area contributed by atoms with Crippen molar-refractivity contribution in [2.24, 2.45) is 0 Å². The first-order chi connectivity index (χ1) is 4.76. The average Bonchev–Trinajstić information content (AvgIpc) is 2.67. The van der Waals surface area contributed by atoms with Crippen LogP contribution in [0, 0.1) is 0 Å². The molecule has 62 valence electrons. The molecule has 1 aliphatic rings. The van der Waals surface area contributed by atoms with Crippen molar-refractivity contribution in [1.82, 2.24) is 0 Å². The summed E-state index contributed by atoms with van der Waals surface area (Å²) in [4.78, 5) is 0. The van der Waals surface area contributed by atoms with Crippen molar-refractivity contribution < 1.29 is 9.47 Å². The summed E-state index contributed by atoms with van der Waals surface area (Å²) in [5.74, 6) is 0. The molecule has 1 aliphatic heterocycles. The van der Waals surface area contributed by atoms with Gasteiger partial charge in [-0.2, -0.15) is 0 Å². The van der Waals surface area contributed by atoms with Crippen LogP contribution < -0.4 is 0 Å². The molecule has 0 bridgehead atoms. The van der Waals surface area contributed by atoms with Crippen LogP contribution >= 0.6 is 0 Å². The van der Waals surface area contributed by atoms with Crippen LogP contribution in [0.25, 0.3) is 0 Å². The summed E-state index contributed by atoms with van der Waals surface area (Å²) < 4.78 is 9.61. The minimum atomic E-state index is 0.565. The molecular weight excluding hydrogens is 128 g/mol. The quantitative estimate of drug-likeness (QED) is 0.554. The van der Waals surface area contributed by atoms with Gasteiger partial charge in [0.15, 0.2) is 0 Å². The van der Waals surface area contributed by atoms with Crippen LogP contribution in [0.4, 0.5) is 0 Å². The Morgan fingerprint density at radius 1 is 1.40 bits per heavy atom. The van der Waals surface area contributed by atoms with Crippen molar-refractivity contribution in [3.8, 4) is 0 Å². The highest BCUT2D eigenvalue weighted by atomic mass is 16.6. The maximum absolute atomic E-state index is 5.07. The number of hydrogen-bond acceptors (Lipinski definition) is 2. The van der Waals surface area contributed by atoms with Gasteiger partial charge in [-0.05, 0) is 20.3 Å². The first kappa shape index (κ1) is 9.92. The lowest BCUT2D eigenvalue weighted by atomic mass is 10.3. The molecule has 2 heteroatoms. The molecule has 0 aromatic heterocycles. The van der Waals surface area contributed by atoms with Gasteiger partial charge >= 0.3 is 0 Å². The molecule has 1 fully saturated rings. The van der Waals surface area contributed by atoms with Gasteiger partial charge in [0.1, 0.15) is 0 Å². The van der Waals surface area contributed by atoms with Gasteiger partial charge in [-0.3, -0.25) is 0 Å². The Balaban J connectivity index is 0.000000180. The molecule has 1 rings (SSSR count). The number of methoxy groups -OCH3 is 1. The molecule has 10 heavy (non-hydrogen) atoms. The van der Waals surface area contributed by atoms with Gasteiger partial charge in [0.05, 0.1) is 12.2 Å². The van der Waals surface area contributed by atoms with Crippen molar-refractivity contribution in [3.05, 3.63) is 0 Å². The molecule has 2 unspecified atom stereocenters. The second-order valence-electron chi connectivity index (χ2n) is 2.37. The Morgan fingerprint density at radius 3 is 1.80 bits per heavy atom. The average molecular weight is 146 g/mol. The fourth-order valence-corrected chi connectivity index (χ4v) is 0.659. The molecule has 1 saturated heterocycles. The van der Waals surface area contributed by atoms with Crippen molar-refractivity contribution in [3.63, 3.8) is 0 Å². The highest BCUT2D eigenvalue weighted by Crippen LogP contribution is 2.22. The molecule has 0 spiro atoms. The predicted octanol–water partition coefficient (Wildman–Crippen LogP) is 1.84. The molecule has 2 atom stereocenters. The van der Waals surface area contributed by atoms with Crippen LogP contribution in [0.1, 0.15) is 27.2 Å². The van der Waals surface area contributed by atoms with Crippen LogP contribution in [0.3, 0.4) is 0 Å². The van der Waals surface area contributed by atoms with Gasteiger partial charge in [-0.15, -0.1) is 0 Å². The third-order valence-electron chi connectivity index (χ3n) is 1.53. The maximum atomic E-state index is 5.07. The normalized spacial score (nSPS) is 28.8. The standard InChI is InChI=1S/C5H10O.C3H8O/c1-3-5-4(2)6-5;1-3-4-2/h4-5H,3H2,1-2H3;3H2,1-2H3. The van der Waals surface area contributed by atoms with E-state index in [2.05, 4.69) is 18.6 Å². The highest BCUT2D eigenvalue weighted by Gasteiger charge is 2.31. The monoisotopic (exact) mass is 146 g/mol. The van der Waals surface area contributed by atoms with Crippen molar-refractivity contribution in [2.45, 2.75) is 39.4 Å². The van der Waals surface area contributed by atoms with Crippen LogP contribution in [0.5, 0.6) is 0 Å². The second-order valence-corrected chi connectivity index (χ2v) is 2.37. The Hall–Kier alpha value is -0.0800. The Labute approximate surface area is 63.5 Å². The zero-order valence-corrected chi connectivity index (χ0v) is 7.39. The minimum Gasteiger partial charge on any atom is -0.385 e. The van der Waals surface area contributed by atoms with E-state index in [4.69, 9.17) is 4.74 Å². The smallest absolute Gasteiger partial charge is 0.0836 e. The zero-order valence-electron chi connectivity index (χ0n) is 7.39. The van der Waals surface area contributed by atoms with Crippen LogP contribution in [-0.4, -0.2) is 25.9 Å². The van der Waals surface area contributed by atoms with Crippen molar-refractivity contribution in [2.75, 3.05) is 13.7 Å². The molecule has 1 heterocycles. The van der Waals surface area contributed by atoms with E-state index in [9.17, 15) is 0 Å². The second kappa shape index (κ2) is 5.69. The number of ether oxygens (including phenoxy) is 2. The molecule has 0 aromatic carbocycles. The fraction of sp³-hybridized carbons (Fsp3) is 1.00. The summed E-state index contributed by atoms with van der Waals surface area (Å²) in [7, 11) is 1.68. The van der Waals surface area contributed by atoms with Gasteiger partial charge in [-0.25, -0.2) is 0 Å². The first-order valence-electron chi connectivity index (χ1n) is 3.90. The highest BCUT2D eigenvalue weighted by molar-refractivity contribution is 4.77. The molecular formula is C8H18O2. The molecule has 0 N–H and O–H groups in total. The van der Waals surface area contributed by atoms with Gasteiger partial charge in [0, 0.05) is 13.7 Å². The summed E-state index contributed by atoms with van der Waals surface area (Å²) in [5, 5.41) is 0. The topological polar surface area (TPSA) is 21.8 Å². The third-order valence-corrected chi connectivity index (χ3v) is 1.53. The van der Waals surface area contributed by atoms with E-state index in [1.807, 2.05) is 6.92 Å². The van der Waals surface area contributed by atoms with Gasteiger partial charge < -0.3 is 9.47 Å². The zero-order chi connectivity index (χ0) is 7.98. The Kier molecular flexibility index (Phi) is 5.64. The van der Waals surface area contributed by atoms with Gasteiger partial charge in [0.25, 0.3) is 0 Å². The third kappa shape index (κ3) is 4.77. The fourth-order valence-electron chi connectivity index (χ4n) is 0.659. The van der Waals surface area contributed by atoms with Crippen molar-refractivity contribution >= 4 is 0 Å². The first-order valence-corrected chi connectivity index (χ1v) is 3.90. The van der Waals surface area contributed by atoms with Crippen LogP contribution in [0.15, 0.2) is 0 Å². The summed E-state index contributed by atoms with van der Waals surface area (Å²) >= 11 is 0. The minimum absolute atomic E-state index is 0.565. The van der Waals surface area contributed by atoms with Crippen LogP contribution in [0.2, 0.25) is 0 Å². The molecule has 0 aromatic rings. The van der Waals surface area contributed by atoms with E-state index in [-0.39, 0.29) is 0 Å². The lowest BCUT2D eigenvalue weighted by Crippen LogP contribution is -1.81. The molecule has 2 nitrogen and oxygen atoms in total. The summed E-state index contributed by atoms with van der Waals surface area (Å²) in [6, 6.07) is 0. The SMILES string of the molecule is CCC1OC1C.CCOC. The number of epoxide rings is 1. The summed E-state index contributed by atoms with van der Waals surface area (Å²) in [6.07, 6.45) is 2.35. The predicted molar refractivity (Wildman–Crippen MR) is 42.2 cm³/mol. The Morgan fingerprint density at radius 2 is 1.80 bits per heavy atom. The lowest BCUT2D eigenvalue weighted by molar-refractivity contribution is 0.215. The maximum Gasteiger partial charge on any atom is 0.0836 e. The number of rotatable bonds is 2. The largest absolute Gasteiger partial charge is 0.385 e. The van der Waals surface area contributed by atoms with E-state index in [0.29, 0.717) is 12.2 Å². The summed E-state index contributed by atoms with van der Waals surface area (Å²) in [5.41, 5.74) is 0. The molecule has 0 amide bonds. The van der Waals surface area contributed by atoms with E-state index in [1.54, 1.807) is 7.11 Å². The van der Waals surface area contributed by atoms with E-state index in [0.717, 1.165) is 6.61 Å². The van der Waals surface area contributed by atoms with Gasteiger partial charge in [0.2, 0.25) is 0 Å². The van der Waals surface area contributed by atoms with Crippen LogP contribution in [-0.2, 0) is 9.47 Å². The van der Waals surface area contributed by atoms with E-state index >= 15 is 0 Å². The summed E-state index contributed by atoms with van der Waals surface area (Å²) in [6.45, 7) is 7.03. The molecule has 0 radical (unpaired) electrons. The number of hydrogen-bond donors (Lipinski definition) is 0. The van der Waals surface area contributed by atoms with E-state index < -0.39 is 0 Å². The Bertz CT molecular complexity index is 69.7. The molecule has 0 saturated carbocycles. The molecule has 0 aliphatic carbocycles. The van der Waals surface area contributed by atoms with Gasteiger partial charge in [-0.1, -0.05) is 6.92 Å². The van der Waals surface area contributed by atoms with E-state index in [1.165, 1.54) is 6.42 Å².